The van der Waals surface area contributed by atoms with Crippen molar-refractivity contribution in [2.24, 2.45) is 5.92 Å². The maximum Gasteiger partial charge on any atom is 0.266 e. The van der Waals surface area contributed by atoms with Gasteiger partial charge in [-0.1, -0.05) is 78.9 Å². The molecule has 1 saturated heterocycles. The van der Waals surface area contributed by atoms with Crippen LogP contribution in [0.2, 0.25) is 18.6 Å². The zero-order valence-corrected chi connectivity index (χ0v) is 30.7. The minimum atomic E-state index is -2.00. The summed E-state index contributed by atoms with van der Waals surface area (Å²) in [6.07, 6.45) is 5.23. The van der Waals surface area contributed by atoms with Crippen molar-refractivity contribution in [3.05, 3.63) is 120 Å². The van der Waals surface area contributed by atoms with Gasteiger partial charge in [-0.25, -0.2) is 0 Å². The summed E-state index contributed by atoms with van der Waals surface area (Å²) in [5.74, 6) is 2.32. The van der Waals surface area contributed by atoms with Gasteiger partial charge in [-0.3, -0.25) is 14.4 Å². The highest BCUT2D eigenvalue weighted by atomic mass is 28.3. The minimum absolute atomic E-state index is 0.0594. The third kappa shape index (κ3) is 7.08. The van der Waals surface area contributed by atoms with E-state index in [4.69, 9.17) is 14.2 Å². The van der Waals surface area contributed by atoms with Crippen molar-refractivity contribution in [1.82, 2.24) is 15.0 Å². The first kappa shape index (κ1) is 34.7. The molecular weight excluding hydrogens is 657 g/mol. The average Bonchev–Trinajstić information content (AvgIpc) is 3.71. The van der Waals surface area contributed by atoms with E-state index in [1.807, 2.05) is 71.5 Å². The lowest BCUT2D eigenvalue weighted by atomic mass is 9.95. The molecule has 0 aliphatic carbocycles. The number of nitrogens with zero attached hydrogens (tertiary/aromatic N) is 4. The molecule has 7 rings (SSSR count). The van der Waals surface area contributed by atoms with E-state index in [0.29, 0.717) is 41.5 Å². The Morgan fingerprint density at radius 2 is 1.59 bits per heavy atom. The zero-order chi connectivity index (χ0) is 35.5. The third-order valence-electron chi connectivity index (χ3n) is 10.7. The predicted molar refractivity (Wildman–Crippen MR) is 201 cm³/mol. The normalized spacial score (nSPS) is 20.0. The molecule has 4 aromatic carbocycles. The third-order valence-corrected chi connectivity index (χ3v) is 15.1. The molecule has 2 aliphatic rings. The van der Waals surface area contributed by atoms with Gasteiger partial charge in [-0.05, 0) is 84.8 Å². The molecule has 0 bridgehead atoms. The smallest absolute Gasteiger partial charge is 0.266 e. The van der Waals surface area contributed by atoms with E-state index in [1.165, 1.54) is 10.8 Å². The quantitative estimate of drug-likeness (QED) is 0.136. The number of hydrogen-bond acceptors (Lipinski definition) is 7. The predicted octanol–water partition coefficient (Wildman–Crippen LogP) is 7.32. The second-order valence-electron chi connectivity index (χ2n) is 14.2. The molecule has 51 heavy (non-hydrogen) atoms. The van der Waals surface area contributed by atoms with Crippen molar-refractivity contribution in [2.45, 2.75) is 70.0 Å². The zero-order valence-electron chi connectivity index (χ0n) is 29.7. The summed E-state index contributed by atoms with van der Waals surface area (Å²) < 4.78 is 20.5. The largest absolute Gasteiger partial charge is 0.497 e. The monoisotopic (exact) mass is 702 g/mol. The molecular formula is C41H46N4O5Si. The summed E-state index contributed by atoms with van der Waals surface area (Å²) in [4.78, 5) is 15.6. The highest BCUT2D eigenvalue weighted by Gasteiger charge is 2.50. The lowest BCUT2D eigenvalue weighted by molar-refractivity contribution is 0.0250. The Morgan fingerprint density at radius 3 is 2.33 bits per heavy atom. The van der Waals surface area contributed by atoms with Crippen LogP contribution in [0.25, 0.3) is 0 Å². The molecule has 5 aromatic rings. The fraction of sp³-hybridized carbons (Fsp3) is 0.341. The minimum Gasteiger partial charge on any atom is -0.497 e. The standard InChI is InChI=1S/C41H46N4O5Si/c1-28-36(49-39(23-25-44-27-30(24-26-46)42-43-44)40(28)51(3,4)33-20-18-32(48-2)19-21-33)22-15-29-13-16-31(17-14-29)45-35-10-6-8-12-38(35)50-37-11-7-5-9-34(37)41(45)47/h5-14,16-21,27-28,36,39-40,46H,15,22-26H2,1-4H3/t28-,36+,39-,40+/m0/s1. The maximum absolute atomic E-state index is 13.9. The fourth-order valence-corrected chi connectivity index (χ4v) is 12.2. The van der Waals surface area contributed by atoms with E-state index >= 15 is 0 Å². The van der Waals surface area contributed by atoms with Crippen molar-refractivity contribution < 1.29 is 24.1 Å². The molecule has 1 N–H and O–H groups in total. The van der Waals surface area contributed by atoms with E-state index in [-0.39, 0.29) is 24.7 Å². The van der Waals surface area contributed by atoms with Gasteiger partial charge < -0.3 is 19.3 Å². The second-order valence-corrected chi connectivity index (χ2v) is 18.9. The van der Waals surface area contributed by atoms with Crippen LogP contribution in [0.5, 0.6) is 17.2 Å². The van der Waals surface area contributed by atoms with Crippen molar-refractivity contribution in [1.29, 1.82) is 0 Å². The first-order valence-corrected chi connectivity index (χ1v) is 20.9. The van der Waals surface area contributed by atoms with Crippen molar-refractivity contribution in [3.8, 4) is 17.2 Å². The van der Waals surface area contributed by atoms with Crippen molar-refractivity contribution >= 4 is 30.5 Å². The number of anilines is 2. The number of rotatable bonds is 12. The number of benzene rings is 4. The van der Waals surface area contributed by atoms with Gasteiger partial charge in [0.15, 0.2) is 5.75 Å². The lowest BCUT2D eigenvalue weighted by Gasteiger charge is -2.36. The maximum atomic E-state index is 13.9. The Bertz CT molecular complexity index is 1960. The van der Waals surface area contributed by atoms with Crippen LogP contribution in [-0.2, 0) is 24.1 Å². The Hall–Kier alpha value is -4.77. The molecule has 0 unspecified atom stereocenters. The molecule has 0 saturated carbocycles. The number of amides is 1. The van der Waals surface area contributed by atoms with Crippen LogP contribution in [0.1, 0.15) is 41.4 Å². The van der Waals surface area contributed by atoms with Gasteiger partial charge in [-0.2, -0.15) is 0 Å². The molecule has 2 aliphatic heterocycles. The van der Waals surface area contributed by atoms with Crippen LogP contribution in [-0.4, -0.2) is 60.0 Å². The van der Waals surface area contributed by atoms with Gasteiger partial charge in [0.1, 0.15) is 11.5 Å². The summed E-state index contributed by atoms with van der Waals surface area (Å²) in [5, 5.41) is 19.3. The fourth-order valence-electron chi connectivity index (χ4n) is 8.04. The van der Waals surface area contributed by atoms with Crippen LogP contribution in [0.15, 0.2) is 103 Å². The number of aliphatic hydroxyl groups excluding tert-OH is 1. The molecule has 10 heteroatoms. The van der Waals surface area contributed by atoms with Gasteiger partial charge in [0.2, 0.25) is 0 Å². The number of hydrogen-bond donors (Lipinski definition) is 1. The van der Waals surface area contributed by atoms with Crippen molar-refractivity contribution in [3.63, 3.8) is 0 Å². The molecule has 0 spiro atoms. The number of methoxy groups -OCH3 is 1. The molecule has 1 amide bonds. The Labute approximate surface area is 300 Å². The van der Waals surface area contributed by atoms with E-state index in [1.54, 1.807) is 12.0 Å². The molecule has 1 aromatic heterocycles. The second kappa shape index (κ2) is 14.8. The summed E-state index contributed by atoms with van der Waals surface area (Å²) in [5.41, 5.74) is 4.45. The number of aliphatic hydroxyl groups is 1. The highest BCUT2D eigenvalue weighted by molar-refractivity contribution is 6.91. The van der Waals surface area contributed by atoms with Crippen LogP contribution in [0, 0.1) is 5.92 Å². The number of ether oxygens (including phenoxy) is 3. The van der Waals surface area contributed by atoms with Crippen LogP contribution in [0.3, 0.4) is 0 Å². The SMILES string of the molecule is COc1ccc([Si](C)(C)[C@@H]2[C@@H](C)[C@@H](CCc3ccc(N4C(=O)c5ccccc5Oc5ccccc54)cc3)O[C@H]2CCn2cc(CCO)nn2)cc1. The molecule has 4 atom stereocenters. The van der Waals surface area contributed by atoms with E-state index in [0.717, 1.165) is 42.1 Å². The Balaban J connectivity index is 1.09. The van der Waals surface area contributed by atoms with Gasteiger partial charge >= 0.3 is 0 Å². The van der Waals surface area contributed by atoms with E-state index in [2.05, 4.69) is 66.7 Å². The highest BCUT2D eigenvalue weighted by Crippen LogP contribution is 2.47. The molecule has 264 valence electrons. The summed E-state index contributed by atoms with van der Waals surface area (Å²) in [6, 6.07) is 32.0. The van der Waals surface area contributed by atoms with Crippen molar-refractivity contribution in [2.75, 3.05) is 18.6 Å². The van der Waals surface area contributed by atoms with Gasteiger partial charge in [0.05, 0.1) is 44.3 Å². The Kier molecular flexibility index (Phi) is 10.1. The lowest BCUT2D eigenvalue weighted by Crippen LogP contribution is -2.50. The number of carbonyl (C=O) groups excluding carboxylic acids is 1. The Morgan fingerprint density at radius 1 is 0.863 bits per heavy atom. The van der Waals surface area contributed by atoms with Gasteiger partial charge in [-0.15, -0.1) is 5.10 Å². The number of aromatic nitrogens is 3. The topological polar surface area (TPSA) is 98.9 Å². The van der Waals surface area contributed by atoms with Gasteiger partial charge in [0, 0.05) is 31.5 Å². The van der Waals surface area contributed by atoms with Crippen LogP contribution >= 0.6 is 0 Å². The number of carbonyl (C=O) groups is 1. The number of aryl methyl sites for hydroxylation is 2. The number of para-hydroxylation sites is 3. The first-order valence-electron chi connectivity index (χ1n) is 17.9. The summed E-state index contributed by atoms with van der Waals surface area (Å²) >= 11 is 0. The van der Waals surface area contributed by atoms with Crippen LogP contribution in [0.4, 0.5) is 11.4 Å². The summed E-state index contributed by atoms with van der Waals surface area (Å²) in [7, 11) is -0.297. The first-order chi connectivity index (χ1) is 24.8. The summed E-state index contributed by atoms with van der Waals surface area (Å²) in [6.45, 7) is 8.07. The molecule has 0 radical (unpaired) electrons. The number of fused-ring (bicyclic) bond motifs is 2. The van der Waals surface area contributed by atoms with E-state index < -0.39 is 8.07 Å². The average molecular weight is 703 g/mol. The van der Waals surface area contributed by atoms with Crippen LogP contribution < -0.4 is 19.6 Å². The molecule has 3 heterocycles. The van der Waals surface area contributed by atoms with Gasteiger partial charge in [0.25, 0.3) is 5.91 Å². The molecule has 9 nitrogen and oxygen atoms in total. The molecule has 1 fully saturated rings. The van der Waals surface area contributed by atoms with E-state index in [9.17, 15) is 9.90 Å².